The summed E-state index contributed by atoms with van der Waals surface area (Å²) in [6.45, 7) is -0.888. The monoisotopic (exact) mass is 522 g/mol. The molecule has 14 heteroatoms. The maximum absolute atomic E-state index is 12.8. The number of aliphatic carboxylic acids is 1. The number of aliphatic hydroxyl groups excluding tert-OH is 1. The van der Waals surface area contributed by atoms with Gasteiger partial charge in [-0.1, -0.05) is 18.2 Å². The molecule has 1 heterocycles. The van der Waals surface area contributed by atoms with E-state index in [1.165, 1.54) is 0 Å². The van der Waals surface area contributed by atoms with E-state index in [9.17, 15) is 24.0 Å². The molecule has 13 nitrogen and oxygen atoms in total. The predicted molar refractivity (Wildman–Crippen MR) is 133 cm³/mol. The Morgan fingerprint density at radius 1 is 0.972 bits per heavy atom. The molecule has 0 fully saturated rings. The number of carboxylic acid groups (broad SMARTS) is 1. The van der Waals surface area contributed by atoms with Gasteiger partial charge in [0.1, 0.15) is 18.1 Å². The van der Waals surface area contributed by atoms with E-state index < -0.39 is 60.4 Å². The van der Waals surface area contributed by atoms with Crippen LogP contribution < -0.4 is 27.4 Å². The van der Waals surface area contributed by atoms with Crippen molar-refractivity contribution in [2.45, 2.75) is 43.4 Å². The van der Waals surface area contributed by atoms with Crippen LogP contribution in [0.15, 0.2) is 30.5 Å². The minimum absolute atomic E-state index is 0.143. The Bertz CT molecular complexity index is 1110. The number of para-hydroxylation sites is 1. The number of rotatable bonds is 14. The minimum atomic E-state index is -1.62. The zero-order chi connectivity index (χ0) is 26.8. The molecule has 0 spiro atoms. The number of benzene rings is 1. The van der Waals surface area contributed by atoms with Gasteiger partial charge in [-0.25, -0.2) is 4.79 Å². The van der Waals surface area contributed by atoms with Gasteiger partial charge in [0.25, 0.3) is 0 Å². The summed E-state index contributed by atoms with van der Waals surface area (Å²) in [5, 5.41) is 26.0. The summed E-state index contributed by atoms with van der Waals surface area (Å²) in [6.07, 6.45) is 1.41. The van der Waals surface area contributed by atoms with Crippen molar-refractivity contribution in [2.75, 3.05) is 12.4 Å². The van der Waals surface area contributed by atoms with Gasteiger partial charge >= 0.3 is 5.97 Å². The third-order valence-corrected chi connectivity index (χ3v) is 5.74. The number of aliphatic hydroxyl groups is 1. The summed E-state index contributed by atoms with van der Waals surface area (Å²) in [5.41, 5.74) is 12.9. The third kappa shape index (κ3) is 7.96. The number of fused-ring (bicyclic) bond motifs is 1. The second-order valence-corrected chi connectivity index (χ2v) is 8.43. The van der Waals surface area contributed by atoms with Gasteiger partial charge in [0, 0.05) is 29.3 Å². The summed E-state index contributed by atoms with van der Waals surface area (Å²) in [7, 11) is 0. The highest BCUT2D eigenvalue weighted by molar-refractivity contribution is 7.80. The highest BCUT2D eigenvalue weighted by Gasteiger charge is 2.30. The smallest absolute Gasteiger partial charge is 0.328 e. The van der Waals surface area contributed by atoms with Gasteiger partial charge in [-0.3, -0.25) is 19.2 Å². The van der Waals surface area contributed by atoms with Crippen LogP contribution >= 0.6 is 12.6 Å². The molecule has 0 radical (unpaired) electrons. The average Bonchev–Trinajstić information content (AvgIpc) is 3.25. The molecule has 0 bridgehead atoms. The highest BCUT2D eigenvalue weighted by Crippen LogP contribution is 2.18. The number of aromatic nitrogens is 1. The van der Waals surface area contributed by atoms with Crippen LogP contribution in [0, 0.1) is 0 Å². The molecule has 0 aliphatic carbocycles. The van der Waals surface area contributed by atoms with Gasteiger partial charge in [-0.05, 0) is 24.5 Å². The number of nitrogens with one attached hydrogen (secondary N) is 4. The summed E-state index contributed by atoms with van der Waals surface area (Å²) < 4.78 is 0. The van der Waals surface area contributed by atoms with E-state index in [0.29, 0.717) is 0 Å². The molecule has 4 amide bonds. The van der Waals surface area contributed by atoms with Crippen LogP contribution in [0.2, 0.25) is 0 Å². The number of carboxylic acids is 1. The molecule has 0 saturated carbocycles. The fraction of sp³-hybridized carbons (Fsp3) is 0.409. The number of carbonyl (C=O) groups excluding carboxylic acids is 4. The number of carbonyl (C=O) groups is 5. The molecule has 0 aliphatic rings. The predicted octanol–water partition coefficient (Wildman–Crippen LogP) is -2.24. The quantitative estimate of drug-likeness (QED) is 0.123. The van der Waals surface area contributed by atoms with Crippen LogP contribution in [0.5, 0.6) is 0 Å². The second-order valence-electron chi connectivity index (χ2n) is 8.06. The molecule has 2 aromatic rings. The summed E-state index contributed by atoms with van der Waals surface area (Å²) >= 11 is 4.09. The lowest BCUT2D eigenvalue weighted by molar-refractivity contribution is -0.143. The summed E-state index contributed by atoms with van der Waals surface area (Å²) in [4.78, 5) is 63.3. The molecule has 1 aromatic carbocycles. The average molecular weight is 523 g/mol. The number of amides is 4. The van der Waals surface area contributed by atoms with Gasteiger partial charge in [0.05, 0.1) is 12.6 Å². The molecule has 1 aromatic heterocycles. The Hall–Kier alpha value is -3.62. The van der Waals surface area contributed by atoms with Crippen LogP contribution in [0.3, 0.4) is 0 Å². The normalized spacial score (nSPS) is 14.3. The maximum atomic E-state index is 12.8. The first kappa shape index (κ1) is 28.6. The Labute approximate surface area is 211 Å². The number of thiol groups is 1. The molecule has 4 unspecified atom stereocenters. The van der Waals surface area contributed by atoms with Crippen LogP contribution in [-0.2, 0) is 30.4 Å². The summed E-state index contributed by atoms with van der Waals surface area (Å²) in [5.74, 6) is -4.77. The fourth-order valence-electron chi connectivity index (χ4n) is 3.39. The van der Waals surface area contributed by atoms with Crippen LogP contribution in [0.1, 0.15) is 18.4 Å². The Morgan fingerprint density at radius 2 is 1.58 bits per heavy atom. The van der Waals surface area contributed by atoms with Gasteiger partial charge < -0.3 is 42.6 Å². The van der Waals surface area contributed by atoms with E-state index in [1.807, 2.05) is 24.3 Å². The van der Waals surface area contributed by atoms with E-state index in [1.54, 1.807) is 6.20 Å². The zero-order valence-electron chi connectivity index (χ0n) is 19.3. The molecular formula is C22H30N6O7S. The van der Waals surface area contributed by atoms with Gasteiger partial charge in [0.2, 0.25) is 23.6 Å². The van der Waals surface area contributed by atoms with E-state index in [0.717, 1.165) is 16.5 Å². The van der Waals surface area contributed by atoms with Crippen molar-refractivity contribution in [3.8, 4) is 0 Å². The van der Waals surface area contributed by atoms with Crippen molar-refractivity contribution in [1.82, 2.24) is 20.9 Å². The van der Waals surface area contributed by atoms with Gasteiger partial charge in [-0.15, -0.1) is 0 Å². The number of hydrogen-bond acceptors (Lipinski definition) is 8. The molecule has 0 aliphatic heterocycles. The fourth-order valence-corrected chi connectivity index (χ4v) is 3.65. The Kier molecular flexibility index (Phi) is 10.7. The van der Waals surface area contributed by atoms with E-state index in [-0.39, 0.29) is 25.0 Å². The first-order valence-electron chi connectivity index (χ1n) is 11.0. The topological polar surface area (TPSA) is 230 Å². The third-order valence-electron chi connectivity index (χ3n) is 5.38. The van der Waals surface area contributed by atoms with Crippen molar-refractivity contribution in [2.24, 2.45) is 11.5 Å². The molecule has 36 heavy (non-hydrogen) atoms. The van der Waals surface area contributed by atoms with Crippen molar-refractivity contribution in [1.29, 1.82) is 0 Å². The Balaban J connectivity index is 2.04. The number of H-pyrrole nitrogens is 1. The van der Waals surface area contributed by atoms with E-state index in [2.05, 4.69) is 33.6 Å². The molecule has 0 saturated heterocycles. The standard InChI is InChI=1S/C22H30N6O7S/c23-13(7-11-8-25-14-4-2-1-3-12(11)14)19(31)28-17(10-36)21(33)26-15(5-6-18(24)30)20(32)27-16(9-29)22(34)35/h1-4,8,13,15-17,25,29,36H,5-7,9-10,23H2,(H2,24,30)(H,26,33)(H,27,32)(H,28,31)(H,34,35). The lowest BCUT2D eigenvalue weighted by Crippen LogP contribution is -2.58. The highest BCUT2D eigenvalue weighted by atomic mass is 32.1. The first-order valence-corrected chi connectivity index (χ1v) is 11.6. The maximum Gasteiger partial charge on any atom is 0.328 e. The van der Waals surface area contributed by atoms with Gasteiger partial charge in [0.15, 0.2) is 0 Å². The lowest BCUT2D eigenvalue weighted by atomic mass is 10.0. The largest absolute Gasteiger partial charge is 0.480 e. The summed E-state index contributed by atoms with van der Waals surface area (Å²) in [6, 6.07) is 2.34. The van der Waals surface area contributed by atoms with Crippen LogP contribution in [-0.4, -0.2) is 81.3 Å². The van der Waals surface area contributed by atoms with Crippen LogP contribution in [0.4, 0.5) is 0 Å². The molecule has 4 atom stereocenters. The Morgan fingerprint density at radius 3 is 2.19 bits per heavy atom. The zero-order valence-corrected chi connectivity index (χ0v) is 20.2. The number of aromatic amines is 1. The minimum Gasteiger partial charge on any atom is -0.480 e. The number of primary amides is 1. The molecule has 2 rings (SSSR count). The van der Waals surface area contributed by atoms with E-state index >= 15 is 0 Å². The SMILES string of the molecule is NC(=O)CCC(NC(=O)C(CS)NC(=O)C(N)Cc1c[nH]c2ccccc12)C(=O)NC(CO)C(=O)O. The van der Waals surface area contributed by atoms with Crippen molar-refractivity contribution < 1.29 is 34.2 Å². The lowest BCUT2D eigenvalue weighted by Gasteiger charge is -2.24. The van der Waals surface area contributed by atoms with Crippen molar-refractivity contribution >= 4 is 53.1 Å². The van der Waals surface area contributed by atoms with Crippen molar-refractivity contribution in [3.05, 3.63) is 36.0 Å². The molecule has 10 N–H and O–H groups in total. The van der Waals surface area contributed by atoms with E-state index in [4.69, 9.17) is 21.7 Å². The second kappa shape index (κ2) is 13.5. The number of hydrogen-bond donors (Lipinski definition) is 9. The van der Waals surface area contributed by atoms with Gasteiger partial charge in [-0.2, -0.15) is 12.6 Å². The molecular weight excluding hydrogens is 492 g/mol. The first-order chi connectivity index (χ1) is 17.1. The van der Waals surface area contributed by atoms with Crippen LogP contribution in [0.25, 0.3) is 10.9 Å². The molecule has 196 valence electrons. The van der Waals surface area contributed by atoms with Crippen molar-refractivity contribution in [3.63, 3.8) is 0 Å². The number of nitrogens with two attached hydrogens (primary N) is 2.